The lowest BCUT2D eigenvalue weighted by Gasteiger charge is -2.33. The molecule has 124 valence electrons. The van der Waals surface area contributed by atoms with Gasteiger partial charge in [0, 0.05) is 12.6 Å². The van der Waals surface area contributed by atoms with E-state index in [2.05, 4.69) is 0 Å². The topological polar surface area (TPSA) is 80.8 Å². The first-order valence-corrected chi connectivity index (χ1v) is 10.1. The van der Waals surface area contributed by atoms with Crippen LogP contribution >= 0.6 is 0 Å². The second-order valence-electron chi connectivity index (χ2n) is 5.94. The Hall–Kier alpha value is -1.12. The minimum absolute atomic E-state index is 0.0188. The molecule has 0 radical (unpaired) electrons. The number of hydrogen-bond acceptors (Lipinski definition) is 5. The minimum atomic E-state index is -3.77. The summed E-state index contributed by atoms with van der Waals surface area (Å²) in [5, 5.41) is 0. The van der Waals surface area contributed by atoms with Gasteiger partial charge in [-0.1, -0.05) is 0 Å². The van der Waals surface area contributed by atoms with Crippen molar-refractivity contribution in [3.63, 3.8) is 0 Å². The fourth-order valence-electron chi connectivity index (χ4n) is 2.70. The van der Waals surface area contributed by atoms with E-state index >= 15 is 0 Å². The van der Waals surface area contributed by atoms with E-state index in [0.717, 1.165) is 0 Å². The van der Waals surface area contributed by atoms with Crippen LogP contribution in [0.15, 0.2) is 23.1 Å². The van der Waals surface area contributed by atoms with E-state index in [0.29, 0.717) is 17.7 Å². The molecule has 0 bridgehead atoms. The summed E-state index contributed by atoms with van der Waals surface area (Å²) in [5.41, 5.74) is -0.202. The first kappa shape index (κ1) is 17.2. The lowest BCUT2D eigenvalue weighted by Crippen LogP contribution is -2.48. The van der Waals surface area contributed by atoms with Gasteiger partial charge >= 0.3 is 0 Å². The summed E-state index contributed by atoms with van der Waals surface area (Å²) in [6, 6.07) is 4.62. The molecule has 2 rings (SSSR count). The smallest absolute Gasteiger partial charge is 0.243 e. The molecule has 1 saturated heterocycles. The third-order valence-electron chi connectivity index (χ3n) is 4.27. The molecule has 22 heavy (non-hydrogen) atoms. The average molecular weight is 347 g/mol. The predicted octanol–water partition coefficient (Wildman–Crippen LogP) is 1.20. The Morgan fingerprint density at radius 3 is 2.41 bits per heavy atom. The van der Waals surface area contributed by atoms with Crippen LogP contribution in [0.1, 0.15) is 18.9 Å². The third-order valence-corrected chi connectivity index (χ3v) is 8.17. The zero-order valence-electron chi connectivity index (χ0n) is 13.2. The van der Waals surface area contributed by atoms with Crippen LogP contribution in [0, 0.1) is 6.92 Å². The van der Waals surface area contributed by atoms with Crippen LogP contribution in [0.3, 0.4) is 0 Å². The molecule has 0 amide bonds. The molecule has 1 heterocycles. The standard InChI is InChI=1S/C14H21NO5S2/c1-11-9-12(5-6-13(11)20-4)22(18,19)15(3)14(2)7-8-21(16,17)10-14/h5-6,9H,7-8,10H2,1-4H3. The summed E-state index contributed by atoms with van der Waals surface area (Å²) < 4.78 is 55.3. The van der Waals surface area contributed by atoms with Crippen molar-refractivity contribution in [2.75, 3.05) is 25.7 Å². The van der Waals surface area contributed by atoms with Crippen molar-refractivity contribution < 1.29 is 21.6 Å². The Bertz CT molecular complexity index is 785. The van der Waals surface area contributed by atoms with E-state index in [1.54, 1.807) is 19.9 Å². The first-order chi connectivity index (χ1) is 10.0. The van der Waals surface area contributed by atoms with Crippen molar-refractivity contribution in [1.82, 2.24) is 4.31 Å². The van der Waals surface area contributed by atoms with Gasteiger partial charge in [0.1, 0.15) is 5.75 Å². The highest BCUT2D eigenvalue weighted by Crippen LogP contribution is 2.33. The second kappa shape index (κ2) is 5.50. The van der Waals surface area contributed by atoms with Crippen LogP contribution in [-0.4, -0.2) is 52.3 Å². The van der Waals surface area contributed by atoms with E-state index in [4.69, 9.17) is 4.74 Å². The van der Waals surface area contributed by atoms with Gasteiger partial charge in [-0.25, -0.2) is 16.8 Å². The fourth-order valence-corrected chi connectivity index (χ4v) is 6.58. The van der Waals surface area contributed by atoms with Gasteiger partial charge in [0.05, 0.1) is 23.5 Å². The monoisotopic (exact) mass is 347 g/mol. The quantitative estimate of drug-likeness (QED) is 0.817. The van der Waals surface area contributed by atoms with Crippen molar-refractivity contribution in [3.8, 4) is 5.75 Å². The molecule has 0 aliphatic carbocycles. The van der Waals surface area contributed by atoms with Crippen LogP contribution in [0.4, 0.5) is 0 Å². The van der Waals surface area contributed by atoms with Crippen molar-refractivity contribution in [3.05, 3.63) is 23.8 Å². The molecule has 1 atom stereocenters. The third kappa shape index (κ3) is 3.00. The van der Waals surface area contributed by atoms with Crippen LogP contribution < -0.4 is 4.74 Å². The van der Waals surface area contributed by atoms with Crippen molar-refractivity contribution in [1.29, 1.82) is 0 Å². The van der Waals surface area contributed by atoms with Crippen molar-refractivity contribution >= 4 is 19.9 Å². The Balaban J connectivity index is 2.40. The van der Waals surface area contributed by atoms with Gasteiger partial charge < -0.3 is 4.74 Å². The molecule has 8 heteroatoms. The number of nitrogens with zero attached hydrogens (tertiary/aromatic N) is 1. The molecule has 6 nitrogen and oxygen atoms in total. The zero-order chi connectivity index (χ0) is 16.8. The normalized spacial score (nSPS) is 24.6. The van der Waals surface area contributed by atoms with Crippen molar-refractivity contribution in [2.24, 2.45) is 0 Å². The largest absolute Gasteiger partial charge is 0.496 e. The summed E-state index contributed by atoms with van der Waals surface area (Å²) in [5.74, 6) is 0.479. The summed E-state index contributed by atoms with van der Waals surface area (Å²) in [6.45, 7) is 3.44. The number of methoxy groups -OCH3 is 1. The Kier molecular flexibility index (Phi) is 4.31. The van der Waals surface area contributed by atoms with Crippen molar-refractivity contribution in [2.45, 2.75) is 30.7 Å². The average Bonchev–Trinajstić information content (AvgIpc) is 2.72. The van der Waals surface area contributed by atoms with Gasteiger partial charge in [0.2, 0.25) is 10.0 Å². The van der Waals surface area contributed by atoms with Gasteiger partial charge in [-0.3, -0.25) is 0 Å². The maximum absolute atomic E-state index is 12.8. The molecule has 1 unspecified atom stereocenters. The van der Waals surface area contributed by atoms with Crippen LogP contribution in [0.5, 0.6) is 5.75 Å². The molecule has 1 aliphatic rings. The minimum Gasteiger partial charge on any atom is -0.496 e. The maximum atomic E-state index is 12.8. The number of rotatable bonds is 4. The summed E-state index contributed by atoms with van der Waals surface area (Å²) in [6.07, 6.45) is 0.306. The lowest BCUT2D eigenvalue weighted by atomic mass is 10.0. The van der Waals surface area contributed by atoms with Crippen LogP contribution in [0.25, 0.3) is 0 Å². The van der Waals surface area contributed by atoms with E-state index in [-0.39, 0.29) is 16.4 Å². The van der Waals surface area contributed by atoms with Crippen LogP contribution in [-0.2, 0) is 19.9 Å². The zero-order valence-corrected chi connectivity index (χ0v) is 14.8. The highest BCUT2D eigenvalue weighted by molar-refractivity contribution is 7.92. The van der Waals surface area contributed by atoms with E-state index in [9.17, 15) is 16.8 Å². The number of sulfone groups is 1. The van der Waals surface area contributed by atoms with Crippen LogP contribution in [0.2, 0.25) is 0 Å². The fraction of sp³-hybridized carbons (Fsp3) is 0.571. The molecule has 0 aromatic heterocycles. The number of benzene rings is 1. The molecule has 1 aromatic rings. The molecule has 0 saturated carbocycles. The number of aryl methyl sites for hydroxylation is 1. The van der Waals surface area contributed by atoms with E-state index < -0.39 is 25.4 Å². The van der Waals surface area contributed by atoms with Gasteiger partial charge in [0.15, 0.2) is 9.84 Å². The van der Waals surface area contributed by atoms with E-state index in [1.807, 2.05) is 0 Å². The van der Waals surface area contributed by atoms with E-state index in [1.165, 1.54) is 30.6 Å². The number of ether oxygens (including phenoxy) is 1. The first-order valence-electron chi connectivity index (χ1n) is 6.86. The molecular formula is C14H21NO5S2. The number of hydrogen-bond donors (Lipinski definition) is 0. The Morgan fingerprint density at radius 2 is 1.95 bits per heavy atom. The molecule has 1 aliphatic heterocycles. The number of sulfonamides is 1. The highest BCUT2D eigenvalue weighted by Gasteiger charge is 2.46. The van der Waals surface area contributed by atoms with Gasteiger partial charge in [0.25, 0.3) is 0 Å². The second-order valence-corrected chi connectivity index (χ2v) is 10.1. The SMILES string of the molecule is COc1ccc(S(=O)(=O)N(C)C2(C)CCS(=O)(=O)C2)cc1C. The summed E-state index contributed by atoms with van der Waals surface area (Å²) >= 11 is 0. The molecular weight excluding hydrogens is 326 g/mol. The van der Waals surface area contributed by atoms with Gasteiger partial charge in [-0.2, -0.15) is 4.31 Å². The Morgan fingerprint density at radius 1 is 1.32 bits per heavy atom. The molecule has 0 spiro atoms. The summed E-state index contributed by atoms with van der Waals surface area (Å²) in [7, 11) is -3.99. The Labute approximate surface area is 132 Å². The van der Waals surface area contributed by atoms with Gasteiger partial charge in [-0.15, -0.1) is 0 Å². The molecule has 1 aromatic carbocycles. The maximum Gasteiger partial charge on any atom is 0.243 e. The lowest BCUT2D eigenvalue weighted by molar-refractivity contribution is 0.272. The highest BCUT2D eigenvalue weighted by atomic mass is 32.2. The van der Waals surface area contributed by atoms with Gasteiger partial charge in [-0.05, 0) is 44.0 Å². The summed E-state index contributed by atoms with van der Waals surface area (Å²) in [4.78, 5) is 0.138. The molecule has 1 fully saturated rings. The molecule has 0 N–H and O–H groups in total. The predicted molar refractivity (Wildman–Crippen MR) is 84.4 cm³/mol.